The molecule has 0 spiro atoms. The summed E-state index contributed by atoms with van der Waals surface area (Å²) in [5.41, 5.74) is 5.49. The summed E-state index contributed by atoms with van der Waals surface area (Å²) >= 11 is 0. The van der Waals surface area contributed by atoms with Crippen LogP contribution in [0.1, 0.15) is 88.3 Å². The van der Waals surface area contributed by atoms with E-state index in [9.17, 15) is 0 Å². The fourth-order valence-corrected chi connectivity index (χ4v) is 3.02. The third-order valence-corrected chi connectivity index (χ3v) is 4.30. The molecule has 1 aliphatic carbocycles. The number of nitrogens with two attached hydrogens (primary N) is 1. The maximum atomic E-state index is 5.49. The second-order valence-corrected chi connectivity index (χ2v) is 6.04. The molecule has 20 heavy (non-hydrogen) atoms. The molecule has 1 saturated carbocycles. The Kier molecular flexibility index (Phi) is 7.06. The molecule has 0 radical (unpaired) electrons. The number of nitrogens with zero attached hydrogens (tertiary/aromatic N) is 2. The maximum absolute atomic E-state index is 5.49. The van der Waals surface area contributed by atoms with Crippen LogP contribution >= 0.6 is 0 Å². The Labute approximate surface area is 122 Å². The first-order chi connectivity index (χ1) is 9.90. The third kappa shape index (κ3) is 5.23. The molecular formula is C16H29N3O. The van der Waals surface area contributed by atoms with E-state index in [0.29, 0.717) is 5.92 Å². The number of rotatable bonds is 7. The van der Waals surface area contributed by atoms with E-state index in [1.54, 1.807) is 0 Å². The Morgan fingerprint density at radius 2 is 1.65 bits per heavy atom. The minimum absolute atomic E-state index is 0.532. The van der Waals surface area contributed by atoms with Crippen LogP contribution < -0.4 is 5.73 Å². The highest BCUT2D eigenvalue weighted by molar-refractivity contribution is 4.96. The summed E-state index contributed by atoms with van der Waals surface area (Å²) in [6.07, 6.45) is 14.8. The Morgan fingerprint density at radius 1 is 0.950 bits per heavy atom. The summed E-state index contributed by atoms with van der Waals surface area (Å²) in [5, 5.41) is 4.22. The predicted octanol–water partition coefficient (Wildman–Crippen LogP) is 3.96. The van der Waals surface area contributed by atoms with E-state index in [4.69, 9.17) is 10.3 Å². The summed E-state index contributed by atoms with van der Waals surface area (Å²) in [7, 11) is 0. The number of aryl methyl sites for hydroxylation is 1. The van der Waals surface area contributed by atoms with Crippen LogP contribution in [0.5, 0.6) is 0 Å². The molecule has 1 aromatic rings. The fraction of sp³-hybridized carbons (Fsp3) is 0.875. The van der Waals surface area contributed by atoms with Gasteiger partial charge in [0.25, 0.3) is 0 Å². The van der Waals surface area contributed by atoms with Gasteiger partial charge in [0.05, 0.1) is 0 Å². The lowest BCUT2D eigenvalue weighted by Crippen LogP contribution is -2.04. The topological polar surface area (TPSA) is 64.9 Å². The number of unbranched alkanes of at least 4 members (excludes halogenated alkanes) is 3. The molecule has 0 aromatic carbocycles. The summed E-state index contributed by atoms with van der Waals surface area (Å²) in [4.78, 5) is 4.62. The van der Waals surface area contributed by atoms with Gasteiger partial charge in [-0.1, -0.05) is 50.1 Å². The summed E-state index contributed by atoms with van der Waals surface area (Å²) < 4.78 is 5.41. The SMILES string of the molecule is NCCCCCCc1nc(C2CCCCCCC2)no1. The lowest BCUT2D eigenvalue weighted by atomic mass is 9.91. The van der Waals surface area contributed by atoms with Gasteiger partial charge in [-0.15, -0.1) is 0 Å². The molecule has 0 unspecified atom stereocenters. The molecule has 0 bridgehead atoms. The van der Waals surface area contributed by atoms with Crippen molar-refractivity contribution >= 4 is 0 Å². The van der Waals surface area contributed by atoms with E-state index in [1.807, 2.05) is 0 Å². The van der Waals surface area contributed by atoms with E-state index in [-0.39, 0.29) is 0 Å². The van der Waals surface area contributed by atoms with Gasteiger partial charge in [-0.25, -0.2) is 0 Å². The molecular weight excluding hydrogens is 250 g/mol. The van der Waals surface area contributed by atoms with Gasteiger partial charge in [0.15, 0.2) is 5.82 Å². The highest BCUT2D eigenvalue weighted by Crippen LogP contribution is 2.29. The molecule has 1 fully saturated rings. The predicted molar refractivity (Wildman–Crippen MR) is 80.6 cm³/mol. The van der Waals surface area contributed by atoms with Gasteiger partial charge >= 0.3 is 0 Å². The lowest BCUT2D eigenvalue weighted by Gasteiger charge is -2.15. The Balaban J connectivity index is 1.75. The number of hydrogen-bond acceptors (Lipinski definition) is 4. The van der Waals surface area contributed by atoms with Crippen LogP contribution in [0.2, 0.25) is 0 Å². The first-order valence-electron chi connectivity index (χ1n) is 8.42. The summed E-state index contributed by atoms with van der Waals surface area (Å²) in [6.45, 7) is 0.798. The molecule has 0 amide bonds. The van der Waals surface area contributed by atoms with E-state index >= 15 is 0 Å². The highest BCUT2D eigenvalue weighted by Gasteiger charge is 2.19. The monoisotopic (exact) mass is 279 g/mol. The van der Waals surface area contributed by atoms with Gasteiger partial charge in [0.1, 0.15) is 0 Å². The molecule has 1 heterocycles. The average Bonchev–Trinajstić information content (AvgIpc) is 2.87. The molecule has 0 saturated heterocycles. The van der Waals surface area contributed by atoms with Crippen LogP contribution in [0.15, 0.2) is 4.52 Å². The van der Waals surface area contributed by atoms with Crippen LogP contribution in [0.4, 0.5) is 0 Å². The van der Waals surface area contributed by atoms with Gasteiger partial charge in [-0.3, -0.25) is 0 Å². The highest BCUT2D eigenvalue weighted by atomic mass is 16.5. The van der Waals surface area contributed by atoms with Crippen LogP contribution in [-0.4, -0.2) is 16.7 Å². The van der Waals surface area contributed by atoms with Crippen molar-refractivity contribution in [1.82, 2.24) is 10.1 Å². The van der Waals surface area contributed by atoms with Crippen molar-refractivity contribution < 1.29 is 4.52 Å². The molecule has 1 aliphatic rings. The molecule has 1 aromatic heterocycles. The molecule has 114 valence electrons. The van der Waals surface area contributed by atoms with Crippen molar-refractivity contribution in [2.45, 2.75) is 83.0 Å². The lowest BCUT2D eigenvalue weighted by molar-refractivity contribution is 0.358. The van der Waals surface area contributed by atoms with Gasteiger partial charge < -0.3 is 10.3 Å². The first kappa shape index (κ1) is 15.5. The van der Waals surface area contributed by atoms with Crippen molar-refractivity contribution in [2.24, 2.45) is 5.73 Å². The minimum atomic E-state index is 0.532. The molecule has 4 heteroatoms. The van der Waals surface area contributed by atoms with Gasteiger partial charge in [-0.2, -0.15) is 4.98 Å². The summed E-state index contributed by atoms with van der Waals surface area (Å²) in [5.74, 6) is 2.32. The Bertz CT molecular complexity index is 356. The summed E-state index contributed by atoms with van der Waals surface area (Å²) in [6, 6.07) is 0. The zero-order chi connectivity index (χ0) is 14.0. The van der Waals surface area contributed by atoms with Crippen molar-refractivity contribution in [1.29, 1.82) is 0 Å². The smallest absolute Gasteiger partial charge is 0.226 e. The number of hydrogen-bond donors (Lipinski definition) is 1. The molecule has 2 rings (SSSR count). The van der Waals surface area contributed by atoms with Crippen LogP contribution in [0.3, 0.4) is 0 Å². The first-order valence-corrected chi connectivity index (χ1v) is 8.42. The van der Waals surface area contributed by atoms with E-state index in [1.165, 1.54) is 57.8 Å². The van der Waals surface area contributed by atoms with Crippen LogP contribution in [0, 0.1) is 0 Å². The van der Waals surface area contributed by atoms with Crippen molar-refractivity contribution in [3.63, 3.8) is 0 Å². The van der Waals surface area contributed by atoms with E-state index in [0.717, 1.165) is 37.5 Å². The minimum Gasteiger partial charge on any atom is -0.339 e. The Morgan fingerprint density at radius 3 is 2.40 bits per heavy atom. The maximum Gasteiger partial charge on any atom is 0.226 e. The van der Waals surface area contributed by atoms with Gasteiger partial charge in [0, 0.05) is 12.3 Å². The molecule has 0 atom stereocenters. The van der Waals surface area contributed by atoms with Gasteiger partial charge in [-0.05, 0) is 32.2 Å². The average molecular weight is 279 g/mol. The van der Waals surface area contributed by atoms with Gasteiger partial charge in [0.2, 0.25) is 5.89 Å². The number of aromatic nitrogens is 2. The Hall–Kier alpha value is -0.900. The zero-order valence-corrected chi connectivity index (χ0v) is 12.6. The quantitative estimate of drug-likeness (QED) is 0.767. The van der Waals surface area contributed by atoms with Crippen LogP contribution in [0.25, 0.3) is 0 Å². The van der Waals surface area contributed by atoms with E-state index in [2.05, 4.69) is 10.1 Å². The van der Waals surface area contributed by atoms with Crippen molar-refractivity contribution in [2.75, 3.05) is 6.54 Å². The molecule has 2 N–H and O–H groups in total. The normalized spacial score (nSPS) is 17.9. The second kappa shape index (κ2) is 9.11. The standard InChI is InChI=1S/C16H29N3O/c17-13-9-5-4-8-12-15-18-16(19-20-15)14-10-6-2-1-3-7-11-14/h14H,1-13,17H2. The fourth-order valence-electron chi connectivity index (χ4n) is 3.02. The molecule has 0 aliphatic heterocycles. The van der Waals surface area contributed by atoms with E-state index < -0.39 is 0 Å². The van der Waals surface area contributed by atoms with Crippen molar-refractivity contribution in [3.8, 4) is 0 Å². The molecule has 4 nitrogen and oxygen atoms in total. The van der Waals surface area contributed by atoms with Crippen LogP contribution in [-0.2, 0) is 6.42 Å². The van der Waals surface area contributed by atoms with Crippen molar-refractivity contribution in [3.05, 3.63) is 11.7 Å². The second-order valence-electron chi connectivity index (χ2n) is 6.04. The third-order valence-electron chi connectivity index (χ3n) is 4.30. The zero-order valence-electron chi connectivity index (χ0n) is 12.6. The largest absolute Gasteiger partial charge is 0.339 e.